The number of aliphatic hydroxyl groups excluding tert-OH is 1. The smallest absolute Gasteiger partial charge is 0.239 e. The normalized spacial score (nSPS) is 10.7. The van der Waals surface area contributed by atoms with E-state index < -0.39 is 0 Å². The molecular weight excluding hydrogens is 230 g/mol. The maximum absolute atomic E-state index is 9.09. The number of nitrogens with two attached hydrogens (primary N) is 1. The lowest BCUT2D eigenvalue weighted by atomic mass is 10.3. The first-order chi connectivity index (χ1) is 8.60. The number of hydrogen-bond donors (Lipinski definition) is 2. The van der Waals surface area contributed by atoms with Gasteiger partial charge in [-0.2, -0.15) is 4.98 Å². The van der Waals surface area contributed by atoms with Crippen molar-refractivity contribution in [3.63, 3.8) is 0 Å². The molecule has 3 N–H and O–H groups in total. The summed E-state index contributed by atoms with van der Waals surface area (Å²) in [6.07, 6.45) is 0.913. The molecule has 0 unspecified atom stereocenters. The van der Waals surface area contributed by atoms with Crippen LogP contribution in [0, 0.1) is 0 Å². The molecule has 5 heteroatoms. The Bertz CT molecular complexity index is 369. The zero-order chi connectivity index (χ0) is 13.5. The standard InChI is InChI=1S/C13H23N3O2/c1-4-9-18-13-11(14)5-6-12(15-13)16(7-8-17)10(2)3/h5-6,10,17H,4,7-9,14H2,1-3H3. The fourth-order valence-corrected chi connectivity index (χ4v) is 1.66. The average molecular weight is 253 g/mol. The summed E-state index contributed by atoms with van der Waals surface area (Å²) in [6.45, 7) is 7.38. The minimum Gasteiger partial charge on any atom is -0.476 e. The summed E-state index contributed by atoms with van der Waals surface area (Å²) in [5.41, 5.74) is 6.37. The van der Waals surface area contributed by atoms with Crippen LogP contribution in [-0.2, 0) is 0 Å². The van der Waals surface area contributed by atoms with Gasteiger partial charge < -0.3 is 20.5 Å². The van der Waals surface area contributed by atoms with Crippen LogP contribution in [-0.4, -0.2) is 35.9 Å². The van der Waals surface area contributed by atoms with Crippen LogP contribution in [0.4, 0.5) is 11.5 Å². The molecule has 0 aliphatic carbocycles. The van der Waals surface area contributed by atoms with Gasteiger partial charge in [-0.1, -0.05) is 6.92 Å². The second kappa shape index (κ2) is 7.06. The molecule has 0 fully saturated rings. The van der Waals surface area contributed by atoms with Crippen molar-refractivity contribution in [1.29, 1.82) is 0 Å². The van der Waals surface area contributed by atoms with E-state index in [1.165, 1.54) is 0 Å². The third kappa shape index (κ3) is 3.77. The van der Waals surface area contributed by atoms with E-state index in [4.69, 9.17) is 15.6 Å². The van der Waals surface area contributed by atoms with E-state index in [0.717, 1.165) is 12.2 Å². The molecule has 0 radical (unpaired) electrons. The van der Waals surface area contributed by atoms with Gasteiger partial charge in [-0.15, -0.1) is 0 Å². The van der Waals surface area contributed by atoms with Crippen molar-refractivity contribution in [1.82, 2.24) is 4.98 Å². The molecule has 0 aromatic carbocycles. The Balaban J connectivity index is 2.93. The summed E-state index contributed by atoms with van der Waals surface area (Å²) in [5.74, 6) is 1.25. The van der Waals surface area contributed by atoms with Crippen molar-refractivity contribution in [3.05, 3.63) is 12.1 Å². The van der Waals surface area contributed by atoms with Gasteiger partial charge >= 0.3 is 0 Å². The molecule has 102 valence electrons. The molecule has 0 bridgehead atoms. The molecule has 0 atom stereocenters. The lowest BCUT2D eigenvalue weighted by molar-refractivity contribution is 0.296. The predicted molar refractivity (Wildman–Crippen MR) is 74.0 cm³/mol. The number of aromatic nitrogens is 1. The van der Waals surface area contributed by atoms with Crippen LogP contribution in [0.15, 0.2) is 12.1 Å². The largest absolute Gasteiger partial charge is 0.476 e. The molecule has 0 aliphatic heterocycles. The van der Waals surface area contributed by atoms with E-state index in [9.17, 15) is 0 Å². The molecule has 1 aromatic rings. The third-order valence-electron chi connectivity index (χ3n) is 2.58. The summed E-state index contributed by atoms with van der Waals surface area (Å²) in [5, 5.41) is 9.09. The first-order valence-corrected chi connectivity index (χ1v) is 6.37. The van der Waals surface area contributed by atoms with Gasteiger partial charge in [0.15, 0.2) is 0 Å². The zero-order valence-electron chi connectivity index (χ0n) is 11.4. The van der Waals surface area contributed by atoms with Crippen molar-refractivity contribution in [2.75, 3.05) is 30.4 Å². The summed E-state index contributed by atoms with van der Waals surface area (Å²) in [4.78, 5) is 6.43. The van der Waals surface area contributed by atoms with E-state index in [0.29, 0.717) is 24.7 Å². The Hall–Kier alpha value is -1.49. The van der Waals surface area contributed by atoms with Crippen LogP contribution in [0.25, 0.3) is 0 Å². The minimum absolute atomic E-state index is 0.0926. The van der Waals surface area contributed by atoms with Crippen LogP contribution < -0.4 is 15.4 Å². The van der Waals surface area contributed by atoms with Crippen molar-refractivity contribution in [3.8, 4) is 5.88 Å². The summed E-state index contributed by atoms with van der Waals surface area (Å²) in [7, 11) is 0. The molecular formula is C13H23N3O2. The van der Waals surface area contributed by atoms with Crippen LogP contribution in [0.3, 0.4) is 0 Å². The van der Waals surface area contributed by atoms with Gasteiger partial charge in [-0.05, 0) is 32.4 Å². The molecule has 5 nitrogen and oxygen atoms in total. The minimum atomic E-state index is 0.0926. The summed E-state index contributed by atoms with van der Waals surface area (Å²) >= 11 is 0. The maximum Gasteiger partial charge on any atom is 0.239 e. The summed E-state index contributed by atoms with van der Waals surface area (Å²) < 4.78 is 5.51. The van der Waals surface area contributed by atoms with Crippen molar-refractivity contribution >= 4 is 11.5 Å². The number of ether oxygens (including phenoxy) is 1. The highest BCUT2D eigenvalue weighted by Crippen LogP contribution is 2.24. The molecule has 0 saturated heterocycles. The van der Waals surface area contributed by atoms with Crippen molar-refractivity contribution < 1.29 is 9.84 Å². The SMILES string of the molecule is CCCOc1nc(N(CCO)C(C)C)ccc1N. The molecule has 0 amide bonds. The Labute approximate surface area is 109 Å². The van der Waals surface area contributed by atoms with E-state index in [-0.39, 0.29) is 12.6 Å². The van der Waals surface area contributed by atoms with E-state index in [2.05, 4.69) is 18.8 Å². The van der Waals surface area contributed by atoms with E-state index in [1.54, 1.807) is 6.07 Å². The first-order valence-electron chi connectivity index (χ1n) is 6.37. The van der Waals surface area contributed by atoms with Gasteiger partial charge in [0.1, 0.15) is 5.82 Å². The first kappa shape index (κ1) is 14.6. The molecule has 1 heterocycles. The average Bonchev–Trinajstić information content (AvgIpc) is 2.35. The van der Waals surface area contributed by atoms with Gasteiger partial charge in [0, 0.05) is 12.6 Å². The Morgan fingerprint density at radius 2 is 2.17 bits per heavy atom. The second-order valence-corrected chi connectivity index (χ2v) is 4.42. The maximum atomic E-state index is 9.09. The van der Waals surface area contributed by atoms with Gasteiger partial charge in [0.2, 0.25) is 5.88 Å². The second-order valence-electron chi connectivity index (χ2n) is 4.42. The van der Waals surface area contributed by atoms with E-state index in [1.807, 2.05) is 17.9 Å². The van der Waals surface area contributed by atoms with Gasteiger partial charge in [0.05, 0.1) is 18.9 Å². The number of rotatable bonds is 7. The Morgan fingerprint density at radius 3 is 2.72 bits per heavy atom. The van der Waals surface area contributed by atoms with Crippen LogP contribution in [0.1, 0.15) is 27.2 Å². The van der Waals surface area contributed by atoms with E-state index >= 15 is 0 Å². The fraction of sp³-hybridized carbons (Fsp3) is 0.615. The molecule has 1 aromatic heterocycles. The van der Waals surface area contributed by atoms with Gasteiger partial charge in [-0.25, -0.2) is 0 Å². The number of nitrogen functional groups attached to an aromatic ring is 1. The summed E-state index contributed by atoms with van der Waals surface area (Å²) in [6, 6.07) is 3.90. The lowest BCUT2D eigenvalue weighted by Gasteiger charge is -2.27. The van der Waals surface area contributed by atoms with Crippen molar-refractivity contribution in [2.45, 2.75) is 33.2 Å². The molecule has 0 saturated carbocycles. The van der Waals surface area contributed by atoms with Gasteiger partial charge in [0.25, 0.3) is 0 Å². The van der Waals surface area contributed by atoms with Gasteiger partial charge in [-0.3, -0.25) is 0 Å². The number of aliphatic hydroxyl groups is 1. The van der Waals surface area contributed by atoms with Crippen LogP contribution in [0.2, 0.25) is 0 Å². The Morgan fingerprint density at radius 1 is 1.44 bits per heavy atom. The lowest BCUT2D eigenvalue weighted by Crippen LogP contribution is -2.34. The predicted octanol–water partition coefficient (Wildman–Crippen LogP) is 1.66. The fourth-order valence-electron chi connectivity index (χ4n) is 1.66. The highest BCUT2D eigenvalue weighted by Gasteiger charge is 2.13. The molecule has 18 heavy (non-hydrogen) atoms. The molecule has 0 spiro atoms. The van der Waals surface area contributed by atoms with Crippen LogP contribution in [0.5, 0.6) is 5.88 Å². The third-order valence-corrected chi connectivity index (χ3v) is 2.58. The topological polar surface area (TPSA) is 71.6 Å². The number of anilines is 2. The zero-order valence-corrected chi connectivity index (χ0v) is 11.4. The number of nitrogens with zero attached hydrogens (tertiary/aromatic N) is 2. The highest BCUT2D eigenvalue weighted by molar-refractivity contribution is 5.54. The number of hydrogen-bond acceptors (Lipinski definition) is 5. The highest BCUT2D eigenvalue weighted by atomic mass is 16.5. The monoisotopic (exact) mass is 253 g/mol. The Kier molecular flexibility index (Phi) is 5.71. The van der Waals surface area contributed by atoms with Crippen LogP contribution >= 0.6 is 0 Å². The molecule has 1 rings (SSSR count). The quantitative estimate of drug-likeness (QED) is 0.773. The van der Waals surface area contributed by atoms with Crippen molar-refractivity contribution in [2.24, 2.45) is 0 Å². The molecule has 0 aliphatic rings. The number of pyridine rings is 1.